The van der Waals surface area contributed by atoms with Crippen molar-refractivity contribution in [3.63, 3.8) is 0 Å². The van der Waals surface area contributed by atoms with Crippen LogP contribution >= 0.6 is 22.7 Å². The fourth-order valence-electron chi connectivity index (χ4n) is 3.21. The first-order valence-corrected chi connectivity index (χ1v) is 12.1. The summed E-state index contributed by atoms with van der Waals surface area (Å²) in [6, 6.07) is 9.52. The Hall–Kier alpha value is -2.18. The van der Waals surface area contributed by atoms with Gasteiger partial charge in [-0.3, -0.25) is 15.0 Å². The lowest BCUT2D eigenvalue weighted by molar-refractivity contribution is -0.387. The van der Waals surface area contributed by atoms with Gasteiger partial charge in [0.2, 0.25) is 10.0 Å². The van der Waals surface area contributed by atoms with Gasteiger partial charge in [0, 0.05) is 37.6 Å². The molecule has 1 aliphatic heterocycles. The molecule has 0 saturated carbocycles. The van der Waals surface area contributed by atoms with E-state index in [-0.39, 0.29) is 23.7 Å². The summed E-state index contributed by atoms with van der Waals surface area (Å²) in [5, 5.41) is 16.2. The Morgan fingerprint density at radius 3 is 2.52 bits per heavy atom. The second-order valence-electron chi connectivity index (χ2n) is 6.51. The SMILES string of the molecule is O=[N+]([O-])c1ccccc1S(=O)(=O)N1CCN(Cc2nc(-c3cccs3)cs2)CC1. The highest BCUT2D eigenvalue weighted by Crippen LogP contribution is 2.28. The van der Waals surface area contributed by atoms with Gasteiger partial charge in [0.1, 0.15) is 5.01 Å². The molecule has 2 aromatic heterocycles. The number of nitrogens with zero attached hydrogens (tertiary/aromatic N) is 4. The van der Waals surface area contributed by atoms with Gasteiger partial charge in [-0.15, -0.1) is 22.7 Å². The standard InChI is InChI=1S/C18H18N4O4S3/c23-22(24)15-4-1-2-6-17(15)29(25,26)21-9-7-20(8-10-21)12-18-19-14(13-28-18)16-5-3-11-27-16/h1-6,11,13H,7-10,12H2. The third-order valence-corrected chi connectivity index (χ3v) is 8.37. The first kappa shape index (κ1) is 20.1. The normalized spacial score (nSPS) is 16.1. The largest absolute Gasteiger partial charge is 0.294 e. The van der Waals surface area contributed by atoms with Gasteiger partial charge in [-0.1, -0.05) is 18.2 Å². The molecule has 0 radical (unpaired) electrons. The monoisotopic (exact) mass is 450 g/mol. The molecule has 1 fully saturated rings. The zero-order valence-electron chi connectivity index (χ0n) is 15.3. The number of hydrogen-bond acceptors (Lipinski definition) is 8. The summed E-state index contributed by atoms with van der Waals surface area (Å²) in [6.07, 6.45) is 0. The fourth-order valence-corrected chi connectivity index (χ4v) is 6.38. The number of nitro benzene ring substituents is 1. The minimum absolute atomic E-state index is 0.251. The molecule has 11 heteroatoms. The van der Waals surface area contributed by atoms with Gasteiger partial charge in [0.15, 0.2) is 4.90 Å². The zero-order chi connectivity index (χ0) is 20.4. The molecule has 0 amide bonds. The van der Waals surface area contributed by atoms with E-state index >= 15 is 0 Å². The number of piperazine rings is 1. The van der Waals surface area contributed by atoms with Crippen LogP contribution in [0.1, 0.15) is 5.01 Å². The molecule has 0 unspecified atom stereocenters. The third kappa shape index (κ3) is 4.23. The summed E-state index contributed by atoms with van der Waals surface area (Å²) in [5.74, 6) is 0. The van der Waals surface area contributed by atoms with Gasteiger partial charge in [0.25, 0.3) is 5.69 Å². The Labute approximate surface area is 176 Å². The topological polar surface area (TPSA) is 96.6 Å². The van der Waals surface area contributed by atoms with E-state index in [0.29, 0.717) is 19.6 Å². The van der Waals surface area contributed by atoms with Gasteiger partial charge >= 0.3 is 0 Å². The van der Waals surface area contributed by atoms with Gasteiger partial charge in [-0.05, 0) is 17.5 Å². The maximum absolute atomic E-state index is 12.9. The van der Waals surface area contributed by atoms with E-state index in [1.54, 1.807) is 22.7 Å². The highest BCUT2D eigenvalue weighted by Gasteiger charge is 2.33. The Bertz CT molecular complexity index is 1100. The maximum atomic E-state index is 12.9. The number of sulfonamides is 1. The number of hydrogen-bond donors (Lipinski definition) is 0. The number of benzene rings is 1. The number of rotatable bonds is 6. The van der Waals surface area contributed by atoms with Crippen LogP contribution in [0.5, 0.6) is 0 Å². The number of nitro groups is 1. The number of aromatic nitrogens is 1. The van der Waals surface area contributed by atoms with Crippen LogP contribution in [0, 0.1) is 10.1 Å². The molecule has 29 heavy (non-hydrogen) atoms. The Balaban J connectivity index is 1.41. The van der Waals surface area contributed by atoms with Crippen molar-refractivity contribution in [2.24, 2.45) is 0 Å². The molecule has 0 atom stereocenters. The quantitative estimate of drug-likeness (QED) is 0.422. The first-order valence-electron chi connectivity index (χ1n) is 8.89. The lowest BCUT2D eigenvalue weighted by atomic mass is 10.3. The molecule has 0 N–H and O–H groups in total. The Morgan fingerprint density at radius 2 is 1.83 bits per heavy atom. The Morgan fingerprint density at radius 1 is 1.07 bits per heavy atom. The summed E-state index contributed by atoms with van der Waals surface area (Å²) < 4.78 is 27.1. The smallest absolute Gasteiger partial charge is 0.289 e. The van der Waals surface area contributed by atoms with Crippen molar-refractivity contribution in [2.45, 2.75) is 11.4 Å². The summed E-state index contributed by atoms with van der Waals surface area (Å²) in [6.45, 7) is 2.34. The summed E-state index contributed by atoms with van der Waals surface area (Å²) in [4.78, 5) is 18.3. The second kappa shape index (κ2) is 8.28. The predicted octanol–water partition coefficient (Wildman–Crippen LogP) is 3.29. The van der Waals surface area contributed by atoms with Crippen LogP contribution in [0.2, 0.25) is 0 Å². The van der Waals surface area contributed by atoms with Crippen molar-refractivity contribution in [1.82, 2.24) is 14.2 Å². The molecular formula is C18H18N4O4S3. The molecule has 1 saturated heterocycles. The van der Waals surface area contributed by atoms with Gasteiger partial charge in [0.05, 0.1) is 22.0 Å². The van der Waals surface area contributed by atoms with Crippen molar-refractivity contribution < 1.29 is 13.3 Å². The second-order valence-corrected chi connectivity index (χ2v) is 10.3. The van der Waals surface area contributed by atoms with Gasteiger partial charge in [-0.2, -0.15) is 4.31 Å². The lowest BCUT2D eigenvalue weighted by Gasteiger charge is -2.33. The Kier molecular flexibility index (Phi) is 5.74. The number of thiazole rings is 1. The van der Waals surface area contributed by atoms with E-state index < -0.39 is 14.9 Å². The molecule has 0 bridgehead atoms. The van der Waals surface area contributed by atoms with Crippen LogP contribution in [0.3, 0.4) is 0 Å². The molecule has 0 spiro atoms. The summed E-state index contributed by atoms with van der Waals surface area (Å²) in [5.41, 5.74) is 0.580. The minimum Gasteiger partial charge on any atom is -0.294 e. The minimum atomic E-state index is -3.91. The van der Waals surface area contributed by atoms with Crippen molar-refractivity contribution in [3.05, 3.63) is 62.3 Å². The highest BCUT2D eigenvalue weighted by molar-refractivity contribution is 7.89. The molecule has 8 nitrogen and oxygen atoms in total. The number of para-hydroxylation sites is 1. The summed E-state index contributed by atoms with van der Waals surface area (Å²) >= 11 is 3.25. The highest BCUT2D eigenvalue weighted by atomic mass is 32.2. The van der Waals surface area contributed by atoms with E-state index in [9.17, 15) is 18.5 Å². The molecule has 4 rings (SSSR count). The van der Waals surface area contributed by atoms with E-state index in [2.05, 4.69) is 9.88 Å². The fraction of sp³-hybridized carbons (Fsp3) is 0.278. The predicted molar refractivity (Wildman–Crippen MR) is 113 cm³/mol. The lowest BCUT2D eigenvalue weighted by Crippen LogP contribution is -2.48. The van der Waals surface area contributed by atoms with Crippen LogP contribution in [0.25, 0.3) is 10.6 Å². The number of thiophene rings is 1. The third-order valence-electron chi connectivity index (χ3n) is 4.70. The molecule has 0 aliphatic carbocycles. The molecule has 3 heterocycles. The average Bonchev–Trinajstić information content (AvgIpc) is 3.40. The summed E-state index contributed by atoms with van der Waals surface area (Å²) in [7, 11) is -3.91. The van der Waals surface area contributed by atoms with Crippen molar-refractivity contribution >= 4 is 38.4 Å². The van der Waals surface area contributed by atoms with Crippen molar-refractivity contribution in [2.75, 3.05) is 26.2 Å². The van der Waals surface area contributed by atoms with Crippen LogP contribution in [-0.4, -0.2) is 53.7 Å². The van der Waals surface area contributed by atoms with Crippen LogP contribution in [-0.2, 0) is 16.6 Å². The molecule has 1 aromatic carbocycles. The van der Waals surface area contributed by atoms with Gasteiger partial charge in [-0.25, -0.2) is 13.4 Å². The van der Waals surface area contributed by atoms with Crippen LogP contribution in [0.15, 0.2) is 52.1 Å². The molecule has 152 valence electrons. The van der Waals surface area contributed by atoms with Crippen molar-refractivity contribution in [3.8, 4) is 10.6 Å². The zero-order valence-corrected chi connectivity index (χ0v) is 17.8. The average molecular weight is 451 g/mol. The van der Waals surface area contributed by atoms with E-state index in [1.165, 1.54) is 28.6 Å². The van der Waals surface area contributed by atoms with E-state index in [0.717, 1.165) is 15.6 Å². The molecule has 3 aromatic rings. The van der Waals surface area contributed by atoms with Gasteiger partial charge < -0.3 is 0 Å². The maximum Gasteiger partial charge on any atom is 0.289 e. The van der Waals surface area contributed by atoms with Crippen LogP contribution < -0.4 is 0 Å². The van der Waals surface area contributed by atoms with Crippen LogP contribution in [0.4, 0.5) is 5.69 Å². The first-order chi connectivity index (χ1) is 13.9. The van der Waals surface area contributed by atoms with E-state index in [1.807, 2.05) is 22.9 Å². The van der Waals surface area contributed by atoms with E-state index in [4.69, 9.17) is 0 Å². The molecule has 1 aliphatic rings. The van der Waals surface area contributed by atoms with Crippen molar-refractivity contribution in [1.29, 1.82) is 0 Å². The molecular weight excluding hydrogens is 432 g/mol.